The van der Waals surface area contributed by atoms with E-state index in [1.54, 1.807) is 12.2 Å². The van der Waals surface area contributed by atoms with Crippen molar-refractivity contribution in [3.8, 4) is 11.5 Å². The van der Waals surface area contributed by atoms with Crippen molar-refractivity contribution in [2.45, 2.75) is 0 Å². The largest absolute Gasteiger partial charge is 0.489 e. The van der Waals surface area contributed by atoms with Crippen LogP contribution in [0.3, 0.4) is 0 Å². The van der Waals surface area contributed by atoms with Crippen LogP contribution in [0.25, 0.3) is 0 Å². The molecule has 0 bridgehead atoms. The zero-order valence-corrected chi connectivity index (χ0v) is 8.03. The maximum absolute atomic E-state index is 5.30. The van der Waals surface area contributed by atoms with Gasteiger partial charge in [0, 0.05) is 0 Å². The lowest BCUT2D eigenvalue weighted by molar-refractivity contribution is 0.343. The van der Waals surface area contributed by atoms with E-state index in [-0.39, 0.29) is 0 Å². The van der Waals surface area contributed by atoms with Crippen molar-refractivity contribution in [1.82, 2.24) is 0 Å². The predicted octanol–water partition coefficient (Wildman–Crippen LogP) is 2.62. The van der Waals surface area contributed by atoms with Crippen LogP contribution in [-0.2, 0) is 0 Å². The van der Waals surface area contributed by atoms with Gasteiger partial charge in [0.1, 0.15) is 24.7 Å². The number of ether oxygens (including phenoxy) is 2. The number of hydrogen-bond acceptors (Lipinski definition) is 2. The second-order valence-electron chi connectivity index (χ2n) is 2.58. The van der Waals surface area contributed by atoms with Gasteiger partial charge >= 0.3 is 0 Å². The highest BCUT2D eigenvalue weighted by molar-refractivity contribution is 5.31. The molecule has 0 N–H and O–H groups in total. The van der Waals surface area contributed by atoms with Gasteiger partial charge in [-0.25, -0.2) is 0 Å². The van der Waals surface area contributed by atoms with E-state index >= 15 is 0 Å². The summed E-state index contributed by atoms with van der Waals surface area (Å²) in [7, 11) is 0. The molecule has 0 unspecified atom stereocenters. The van der Waals surface area contributed by atoms with Crippen LogP contribution in [0.4, 0.5) is 0 Å². The molecule has 0 atom stereocenters. The summed E-state index contributed by atoms with van der Waals surface area (Å²) >= 11 is 0. The second kappa shape index (κ2) is 5.86. The van der Waals surface area contributed by atoms with Crippen LogP contribution in [0.2, 0.25) is 0 Å². The molecule has 0 aromatic heterocycles. The molecule has 0 heterocycles. The summed E-state index contributed by atoms with van der Waals surface area (Å²) in [6.07, 6.45) is 3.37. The average Bonchev–Trinajstić information content (AvgIpc) is 2.24. The monoisotopic (exact) mass is 189 g/mol. The highest BCUT2D eigenvalue weighted by Crippen LogP contribution is 2.18. The molecule has 1 aromatic rings. The Balaban J connectivity index is 2.58. The van der Waals surface area contributed by atoms with E-state index in [9.17, 15) is 0 Å². The maximum atomic E-state index is 5.30. The Labute approximate surface area is 84.5 Å². The summed E-state index contributed by atoms with van der Waals surface area (Å²) in [6, 6.07) is 8.48. The van der Waals surface area contributed by atoms with Crippen LogP contribution >= 0.6 is 0 Å². The van der Waals surface area contributed by atoms with Gasteiger partial charge in [-0.1, -0.05) is 31.4 Å². The molecular weight excluding hydrogens is 176 g/mol. The molecule has 1 rings (SSSR count). The predicted molar refractivity (Wildman–Crippen MR) is 56.7 cm³/mol. The lowest BCUT2D eigenvalue weighted by Gasteiger charge is -2.05. The van der Waals surface area contributed by atoms with E-state index in [0.29, 0.717) is 24.7 Å². The van der Waals surface area contributed by atoms with Crippen LogP contribution < -0.4 is 9.47 Å². The summed E-state index contributed by atoms with van der Waals surface area (Å²) in [4.78, 5) is 0. The van der Waals surface area contributed by atoms with Crippen molar-refractivity contribution < 1.29 is 9.47 Å². The van der Waals surface area contributed by atoms with Gasteiger partial charge in [-0.2, -0.15) is 0 Å². The molecule has 0 spiro atoms. The third-order valence-electron chi connectivity index (χ3n) is 1.45. The van der Waals surface area contributed by atoms with Gasteiger partial charge in [0.05, 0.1) is 6.07 Å². The summed E-state index contributed by atoms with van der Waals surface area (Å²) in [5.74, 6) is 1.32. The third kappa shape index (κ3) is 3.35. The van der Waals surface area contributed by atoms with Crippen LogP contribution in [0, 0.1) is 6.07 Å². The molecule has 0 saturated heterocycles. The zero-order chi connectivity index (χ0) is 10.2. The SMILES string of the molecule is C=CCOc1[c]c(OCC=C)ccc1. The highest BCUT2D eigenvalue weighted by atomic mass is 16.5. The number of rotatable bonds is 6. The standard InChI is InChI=1S/C12H13O2/c1-3-8-13-11-6-5-7-12(10-11)14-9-4-2/h3-7H,1-2,8-9H2. The van der Waals surface area contributed by atoms with Crippen LogP contribution in [0.1, 0.15) is 0 Å². The van der Waals surface area contributed by atoms with Gasteiger partial charge in [-0.05, 0) is 12.1 Å². The third-order valence-corrected chi connectivity index (χ3v) is 1.45. The number of hydrogen-bond donors (Lipinski definition) is 0. The van der Waals surface area contributed by atoms with Gasteiger partial charge in [-0.3, -0.25) is 0 Å². The molecule has 0 amide bonds. The first-order valence-electron chi connectivity index (χ1n) is 4.36. The number of benzene rings is 1. The fourth-order valence-corrected chi connectivity index (χ4v) is 0.893. The Morgan fingerprint density at radius 3 is 2.00 bits per heavy atom. The molecule has 2 heteroatoms. The molecule has 0 fully saturated rings. The first-order valence-corrected chi connectivity index (χ1v) is 4.36. The molecule has 0 aliphatic carbocycles. The fraction of sp³-hybridized carbons (Fsp3) is 0.167. The Kier molecular flexibility index (Phi) is 4.35. The molecular formula is C12H13O2. The van der Waals surface area contributed by atoms with Crippen LogP contribution in [0.5, 0.6) is 11.5 Å². The van der Waals surface area contributed by atoms with E-state index in [0.717, 1.165) is 0 Å². The lowest BCUT2D eigenvalue weighted by atomic mass is 10.3. The highest BCUT2D eigenvalue weighted by Gasteiger charge is 1.96. The van der Waals surface area contributed by atoms with E-state index in [1.807, 2.05) is 18.2 Å². The van der Waals surface area contributed by atoms with Crippen molar-refractivity contribution in [3.05, 3.63) is 49.6 Å². The minimum Gasteiger partial charge on any atom is -0.489 e. The van der Waals surface area contributed by atoms with Crippen LogP contribution in [0.15, 0.2) is 43.5 Å². The minimum absolute atomic E-state index is 0.474. The fourth-order valence-electron chi connectivity index (χ4n) is 0.893. The Bertz CT molecular complexity index is 278. The lowest BCUT2D eigenvalue weighted by Crippen LogP contribution is -1.96. The van der Waals surface area contributed by atoms with Crippen molar-refractivity contribution in [2.24, 2.45) is 0 Å². The van der Waals surface area contributed by atoms with Gasteiger partial charge < -0.3 is 9.47 Å². The Hall–Kier alpha value is -1.70. The van der Waals surface area contributed by atoms with Crippen molar-refractivity contribution >= 4 is 0 Å². The molecule has 1 aromatic carbocycles. The first-order chi connectivity index (χ1) is 6.86. The molecule has 0 saturated carbocycles. The van der Waals surface area contributed by atoms with Crippen LogP contribution in [-0.4, -0.2) is 13.2 Å². The van der Waals surface area contributed by atoms with E-state index < -0.39 is 0 Å². The molecule has 14 heavy (non-hydrogen) atoms. The summed E-state index contributed by atoms with van der Waals surface area (Å²) in [5, 5.41) is 0. The van der Waals surface area contributed by atoms with E-state index in [1.165, 1.54) is 0 Å². The van der Waals surface area contributed by atoms with Crippen molar-refractivity contribution in [3.63, 3.8) is 0 Å². The molecule has 0 aliphatic rings. The molecule has 1 radical (unpaired) electrons. The summed E-state index contributed by atoms with van der Waals surface area (Å²) < 4.78 is 10.6. The van der Waals surface area contributed by atoms with Gasteiger partial charge in [0.2, 0.25) is 0 Å². The molecule has 73 valence electrons. The average molecular weight is 189 g/mol. The minimum atomic E-state index is 0.474. The Morgan fingerprint density at radius 2 is 1.57 bits per heavy atom. The maximum Gasteiger partial charge on any atom is 0.131 e. The van der Waals surface area contributed by atoms with E-state index in [2.05, 4.69) is 19.2 Å². The smallest absolute Gasteiger partial charge is 0.131 e. The molecule has 0 aliphatic heterocycles. The van der Waals surface area contributed by atoms with Crippen molar-refractivity contribution in [1.29, 1.82) is 0 Å². The quantitative estimate of drug-likeness (QED) is 0.640. The zero-order valence-electron chi connectivity index (χ0n) is 8.03. The van der Waals surface area contributed by atoms with Gasteiger partial charge in [0.15, 0.2) is 0 Å². The Morgan fingerprint density at radius 1 is 1.07 bits per heavy atom. The van der Waals surface area contributed by atoms with E-state index in [4.69, 9.17) is 9.47 Å². The van der Waals surface area contributed by atoms with Gasteiger partial charge in [0.25, 0.3) is 0 Å². The second-order valence-corrected chi connectivity index (χ2v) is 2.58. The summed E-state index contributed by atoms with van der Waals surface area (Å²) in [6.45, 7) is 8.08. The normalized spacial score (nSPS) is 9.14. The topological polar surface area (TPSA) is 18.5 Å². The first kappa shape index (κ1) is 10.4. The van der Waals surface area contributed by atoms with Crippen molar-refractivity contribution in [2.75, 3.05) is 13.2 Å². The molecule has 2 nitrogen and oxygen atoms in total. The van der Waals surface area contributed by atoms with Gasteiger partial charge in [-0.15, -0.1) is 0 Å². The summed E-state index contributed by atoms with van der Waals surface area (Å²) in [5.41, 5.74) is 0.